The first kappa shape index (κ1) is 15.2. The van der Waals surface area contributed by atoms with Crippen molar-refractivity contribution >= 4 is 5.69 Å². The number of hydrogen-bond donors (Lipinski definition) is 1. The standard InChI is InChI=1S/C17H20FNO2/c1-4-21-16-7-5-6-13(17(16)20-3)11-19-15-10-12(2)8-9-14(15)18/h5-10,19H,4,11H2,1-3H3. The molecule has 2 aromatic rings. The summed E-state index contributed by atoms with van der Waals surface area (Å²) in [4.78, 5) is 0. The Hall–Kier alpha value is -2.23. The maximum absolute atomic E-state index is 13.7. The van der Waals surface area contributed by atoms with Crippen LogP contribution in [0.15, 0.2) is 36.4 Å². The van der Waals surface area contributed by atoms with E-state index >= 15 is 0 Å². The van der Waals surface area contributed by atoms with Crippen molar-refractivity contribution in [1.82, 2.24) is 0 Å². The number of benzene rings is 2. The van der Waals surface area contributed by atoms with E-state index in [9.17, 15) is 4.39 Å². The zero-order chi connectivity index (χ0) is 15.2. The van der Waals surface area contributed by atoms with E-state index in [1.54, 1.807) is 19.2 Å². The molecule has 0 heterocycles. The summed E-state index contributed by atoms with van der Waals surface area (Å²) in [6, 6.07) is 10.7. The van der Waals surface area contributed by atoms with Crippen LogP contribution in [0, 0.1) is 12.7 Å². The van der Waals surface area contributed by atoms with Gasteiger partial charge in [-0.15, -0.1) is 0 Å². The summed E-state index contributed by atoms with van der Waals surface area (Å²) in [6.07, 6.45) is 0. The highest BCUT2D eigenvalue weighted by Crippen LogP contribution is 2.31. The number of rotatable bonds is 6. The fourth-order valence-electron chi connectivity index (χ4n) is 2.17. The van der Waals surface area contributed by atoms with E-state index in [1.165, 1.54) is 6.07 Å². The van der Waals surface area contributed by atoms with Crippen molar-refractivity contribution in [3.8, 4) is 11.5 Å². The molecule has 0 atom stereocenters. The van der Waals surface area contributed by atoms with Crippen molar-refractivity contribution in [2.24, 2.45) is 0 Å². The summed E-state index contributed by atoms with van der Waals surface area (Å²) in [5.74, 6) is 1.12. The molecule has 0 amide bonds. The molecule has 0 aliphatic heterocycles. The summed E-state index contributed by atoms with van der Waals surface area (Å²) in [5, 5.41) is 3.10. The maximum atomic E-state index is 13.7. The molecule has 0 aromatic heterocycles. The normalized spacial score (nSPS) is 10.3. The van der Waals surface area contributed by atoms with Gasteiger partial charge in [-0.25, -0.2) is 4.39 Å². The molecule has 0 unspecified atom stereocenters. The van der Waals surface area contributed by atoms with Crippen molar-refractivity contribution in [1.29, 1.82) is 0 Å². The molecule has 1 N–H and O–H groups in total. The molecule has 21 heavy (non-hydrogen) atoms. The van der Waals surface area contributed by atoms with Crippen LogP contribution in [0.2, 0.25) is 0 Å². The van der Waals surface area contributed by atoms with E-state index in [1.807, 2.05) is 32.0 Å². The van der Waals surface area contributed by atoms with Crippen LogP contribution in [0.1, 0.15) is 18.1 Å². The number of para-hydroxylation sites is 1. The van der Waals surface area contributed by atoms with Crippen LogP contribution in [-0.4, -0.2) is 13.7 Å². The van der Waals surface area contributed by atoms with Gasteiger partial charge in [0.25, 0.3) is 0 Å². The first-order valence-corrected chi connectivity index (χ1v) is 6.94. The molecule has 0 radical (unpaired) electrons. The number of anilines is 1. The Morgan fingerprint density at radius 3 is 2.71 bits per heavy atom. The summed E-state index contributed by atoms with van der Waals surface area (Å²) in [6.45, 7) is 4.89. The Kier molecular flexibility index (Phi) is 5.04. The van der Waals surface area contributed by atoms with Crippen molar-refractivity contribution in [2.45, 2.75) is 20.4 Å². The summed E-state index contributed by atoms with van der Waals surface area (Å²) in [7, 11) is 1.61. The lowest BCUT2D eigenvalue weighted by Crippen LogP contribution is -2.05. The molecule has 0 aliphatic rings. The van der Waals surface area contributed by atoms with Gasteiger partial charge < -0.3 is 14.8 Å². The number of hydrogen-bond acceptors (Lipinski definition) is 3. The van der Waals surface area contributed by atoms with Crippen molar-refractivity contribution in [3.05, 3.63) is 53.3 Å². The summed E-state index contributed by atoms with van der Waals surface area (Å²) < 4.78 is 24.7. The Morgan fingerprint density at radius 1 is 1.19 bits per heavy atom. The number of aryl methyl sites for hydroxylation is 1. The minimum atomic E-state index is -0.263. The van der Waals surface area contributed by atoms with Gasteiger partial charge in [0.1, 0.15) is 5.82 Å². The summed E-state index contributed by atoms with van der Waals surface area (Å²) in [5.41, 5.74) is 2.41. The second kappa shape index (κ2) is 6.97. The lowest BCUT2D eigenvalue weighted by Gasteiger charge is -2.15. The molecule has 0 bridgehead atoms. The highest BCUT2D eigenvalue weighted by atomic mass is 19.1. The fourth-order valence-corrected chi connectivity index (χ4v) is 2.17. The molecule has 0 fully saturated rings. The molecule has 0 aliphatic carbocycles. The molecular formula is C17H20FNO2. The van der Waals surface area contributed by atoms with Gasteiger partial charge in [-0.1, -0.05) is 18.2 Å². The molecule has 112 valence electrons. The van der Waals surface area contributed by atoms with Crippen LogP contribution in [0.3, 0.4) is 0 Å². The first-order chi connectivity index (χ1) is 10.2. The Labute approximate surface area is 124 Å². The molecular weight excluding hydrogens is 269 g/mol. The predicted molar refractivity (Wildman–Crippen MR) is 82.6 cm³/mol. The quantitative estimate of drug-likeness (QED) is 0.866. The van der Waals surface area contributed by atoms with E-state index in [4.69, 9.17) is 9.47 Å². The van der Waals surface area contributed by atoms with Crippen LogP contribution in [0.5, 0.6) is 11.5 Å². The molecule has 0 spiro atoms. The van der Waals surface area contributed by atoms with Crippen LogP contribution in [0.4, 0.5) is 10.1 Å². The Balaban J connectivity index is 2.19. The Bertz CT molecular complexity index is 614. The van der Waals surface area contributed by atoms with Crippen molar-refractivity contribution < 1.29 is 13.9 Å². The highest BCUT2D eigenvalue weighted by Gasteiger charge is 2.10. The minimum absolute atomic E-state index is 0.263. The average molecular weight is 289 g/mol. The average Bonchev–Trinajstić information content (AvgIpc) is 2.48. The van der Waals surface area contributed by atoms with E-state index < -0.39 is 0 Å². The monoisotopic (exact) mass is 289 g/mol. The predicted octanol–water partition coefficient (Wildman–Crippen LogP) is 4.15. The topological polar surface area (TPSA) is 30.5 Å². The smallest absolute Gasteiger partial charge is 0.165 e. The lowest BCUT2D eigenvalue weighted by atomic mass is 10.1. The largest absolute Gasteiger partial charge is 0.493 e. The second-order valence-electron chi connectivity index (χ2n) is 4.72. The third-order valence-corrected chi connectivity index (χ3v) is 3.16. The number of nitrogens with one attached hydrogen (secondary N) is 1. The third kappa shape index (κ3) is 3.66. The van der Waals surface area contributed by atoms with Crippen LogP contribution < -0.4 is 14.8 Å². The molecule has 4 heteroatoms. The number of halogens is 1. The zero-order valence-electron chi connectivity index (χ0n) is 12.6. The van der Waals surface area contributed by atoms with Gasteiger partial charge in [0, 0.05) is 12.1 Å². The van der Waals surface area contributed by atoms with Gasteiger partial charge >= 0.3 is 0 Å². The van der Waals surface area contributed by atoms with E-state index in [2.05, 4.69) is 5.32 Å². The molecule has 0 saturated heterocycles. The minimum Gasteiger partial charge on any atom is -0.493 e. The van der Waals surface area contributed by atoms with Crippen LogP contribution >= 0.6 is 0 Å². The maximum Gasteiger partial charge on any atom is 0.165 e. The van der Waals surface area contributed by atoms with Crippen molar-refractivity contribution in [2.75, 3.05) is 19.0 Å². The van der Waals surface area contributed by atoms with Gasteiger partial charge in [-0.2, -0.15) is 0 Å². The van der Waals surface area contributed by atoms with Crippen LogP contribution in [0.25, 0.3) is 0 Å². The number of ether oxygens (including phenoxy) is 2. The van der Waals surface area contributed by atoms with E-state index in [0.29, 0.717) is 30.3 Å². The van der Waals surface area contributed by atoms with Crippen molar-refractivity contribution in [3.63, 3.8) is 0 Å². The molecule has 2 rings (SSSR count). The van der Waals surface area contributed by atoms with Gasteiger partial charge in [0.2, 0.25) is 0 Å². The second-order valence-corrected chi connectivity index (χ2v) is 4.72. The van der Waals surface area contributed by atoms with Crippen LogP contribution in [-0.2, 0) is 6.54 Å². The van der Waals surface area contributed by atoms with Gasteiger partial charge in [0.05, 0.1) is 19.4 Å². The zero-order valence-corrected chi connectivity index (χ0v) is 12.6. The van der Waals surface area contributed by atoms with Gasteiger partial charge in [0.15, 0.2) is 11.5 Å². The molecule has 0 saturated carbocycles. The van der Waals surface area contributed by atoms with E-state index in [0.717, 1.165) is 11.1 Å². The third-order valence-electron chi connectivity index (χ3n) is 3.16. The fraction of sp³-hybridized carbons (Fsp3) is 0.294. The highest BCUT2D eigenvalue weighted by molar-refractivity contribution is 5.51. The lowest BCUT2D eigenvalue weighted by molar-refractivity contribution is 0.309. The van der Waals surface area contributed by atoms with Gasteiger partial charge in [-0.3, -0.25) is 0 Å². The molecule has 3 nitrogen and oxygen atoms in total. The Morgan fingerprint density at radius 2 is 2.00 bits per heavy atom. The number of methoxy groups -OCH3 is 1. The first-order valence-electron chi connectivity index (χ1n) is 6.94. The van der Waals surface area contributed by atoms with Gasteiger partial charge in [-0.05, 0) is 37.6 Å². The summed E-state index contributed by atoms with van der Waals surface area (Å²) >= 11 is 0. The van der Waals surface area contributed by atoms with E-state index in [-0.39, 0.29) is 5.82 Å². The molecule has 2 aromatic carbocycles. The SMILES string of the molecule is CCOc1cccc(CNc2cc(C)ccc2F)c1OC.